The summed E-state index contributed by atoms with van der Waals surface area (Å²) in [7, 11) is 0. The highest BCUT2D eigenvalue weighted by Gasteiger charge is 2.29. The van der Waals surface area contributed by atoms with Crippen LogP contribution in [-0.2, 0) is 9.53 Å². The van der Waals surface area contributed by atoms with Gasteiger partial charge >= 0.3 is 5.97 Å². The van der Waals surface area contributed by atoms with Crippen LogP contribution in [0, 0.1) is 11.7 Å². The van der Waals surface area contributed by atoms with Crippen molar-refractivity contribution in [1.29, 1.82) is 0 Å². The summed E-state index contributed by atoms with van der Waals surface area (Å²) in [4.78, 5) is 29.2. The Hall–Kier alpha value is -1.98. The van der Waals surface area contributed by atoms with Crippen LogP contribution in [-0.4, -0.2) is 41.5 Å². The molecule has 1 amide bonds. The largest absolute Gasteiger partial charge is 0.466 e. The van der Waals surface area contributed by atoms with Crippen LogP contribution in [0.1, 0.15) is 30.1 Å². The molecule has 1 atom stereocenters. The Kier molecular flexibility index (Phi) is 4.65. The standard InChI is InChI=1S/C14H17FN2O3/c1-2-20-14(19)10-4-3-5-17(9-10)13(18)11-6-12(15)8-16-7-11/h6-8,10H,2-5,9H2,1H3/t10-/m0/s1. The Morgan fingerprint density at radius 2 is 2.30 bits per heavy atom. The van der Waals surface area contributed by atoms with Gasteiger partial charge in [-0.1, -0.05) is 0 Å². The molecular weight excluding hydrogens is 263 g/mol. The fourth-order valence-corrected chi connectivity index (χ4v) is 2.33. The average molecular weight is 280 g/mol. The molecule has 0 spiro atoms. The number of likely N-dealkylation sites (tertiary alicyclic amines) is 1. The Balaban J connectivity index is 2.05. The summed E-state index contributed by atoms with van der Waals surface area (Å²) < 4.78 is 18.1. The molecule has 0 saturated carbocycles. The maximum absolute atomic E-state index is 13.1. The van der Waals surface area contributed by atoms with E-state index in [0.717, 1.165) is 18.7 Å². The van der Waals surface area contributed by atoms with Gasteiger partial charge in [0.05, 0.1) is 24.3 Å². The van der Waals surface area contributed by atoms with Crippen molar-refractivity contribution in [3.05, 3.63) is 29.8 Å². The summed E-state index contributed by atoms with van der Waals surface area (Å²) in [5, 5.41) is 0. The summed E-state index contributed by atoms with van der Waals surface area (Å²) in [6, 6.07) is 1.16. The quantitative estimate of drug-likeness (QED) is 0.790. The van der Waals surface area contributed by atoms with Crippen LogP contribution in [0.25, 0.3) is 0 Å². The van der Waals surface area contributed by atoms with Crippen LogP contribution >= 0.6 is 0 Å². The third-order valence-electron chi connectivity index (χ3n) is 3.28. The van der Waals surface area contributed by atoms with Crippen molar-refractivity contribution < 1.29 is 18.7 Å². The van der Waals surface area contributed by atoms with Crippen LogP contribution in [0.5, 0.6) is 0 Å². The first-order chi connectivity index (χ1) is 9.61. The van der Waals surface area contributed by atoms with Gasteiger partial charge in [0.25, 0.3) is 5.91 Å². The van der Waals surface area contributed by atoms with E-state index in [9.17, 15) is 14.0 Å². The Morgan fingerprint density at radius 3 is 3.00 bits per heavy atom. The zero-order chi connectivity index (χ0) is 14.5. The van der Waals surface area contributed by atoms with Crippen LogP contribution in [0.3, 0.4) is 0 Å². The summed E-state index contributed by atoms with van der Waals surface area (Å²) in [6.07, 6.45) is 3.83. The monoisotopic (exact) mass is 280 g/mol. The molecule has 0 aromatic carbocycles. The molecule has 1 aromatic rings. The SMILES string of the molecule is CCOC(=O)[C@H]1CCCN(C(=O)c2cncc(F)c2)C1. The number of rotatable bonds is 3. The van der Waals surface area contributed by atoms with Gasteiger partial charge in [0.15, 0.2) is 0 Å². The van der Waals surface area contributed by atoms with Crippen molar-refractivity contribution in [2.24, 2.45) is 5.92 Å². The van der Waals surface area contributed by atoms with E-state index in [1.807, 2.05) is 0 Å². The number of esters is 1. The molecule has 1 aromatic heterocycles. The smallest absolute Gasteiger partial charge is 0.310 e. The maximum atomic E-state index is 13.1. The van der Waals surface area contributed by atoms with Crippen LogP contribution in [0.2, 0.25) is 0 Å². The Morgan fingerprint density at radius 1 is 1.50 bits per heavy atom. The number of aromatic nitrogens is 1. The van der Waals surface area contributed by atoms with E-state index >= 15 is 0 Å². The van der Waals surface area contributed by atoms with Crippen LogP contribution in [0.4, 0.5) is 4.39 Å². The van der Waals surface area contributed by atoms with Gasteiger partial charge < -0.3 is 9.64 Å². The number of carbonyl (C=O) groups excluding carboxylic acids is 2. The number of ether oxygens (including phenoxy) is 1. The third-order valence-corrected chi connectivity index (χ3v) is 3.28. The lowest BCUT2D eigenvalue weighted by atomic mass is 9.97. The number of hydrogen-bond donors (Lipinski definition) is 0. The second-order valence-electron chi connectivity index (χ2n) is 4.73. The van der Waals surface area contributed by atoms with Crippen LogP contribution < -0.4 is 0 Å². The molecule has 0 aliphatic carbocycles. The molecule has 6 heteroatoms. The van der Waals surface area contributed by atoms with E-state index in [-0.39, 0.29) is 23.4 Å². The fraction of sp³-hybridized carbons (Fsp3) is 0.500. The molecule has 1 fully saturated rings. The van der Waals surface area contributed by atoms with E-state index < -0.39 is 5.82 Å². The van der Waals surface area contributed by atoms with Crippen molar-refractivity contribution in [1.82, 2.24) is 9.88 Å². The van der Waals surface area contributed by atoms with Gasteiger partial charge in [0.2, 0.25) is 0 Å². The number of carbonyl (C=O) groups is 2. The van der Waals surface area contributed by atoms with E-state index in [1.165, 1.54) is 6.20 Å². The highest BCUT2D eigenvalue weighted by molar-refractivity contribution is 5.94. The fourth-order valence-electron chi connectivity index (χ4n) is 2.33. The van der Waals surface area contributed by atoms with Crippen molar-refractivity contribution in [3.63, 3.8) is 0 Å². The number of nitrogens with zero attached hydrogens (tertiary/aromatic N) is 2. The molecule has 1 saturated heterocycles. The maximum Gasteiger partial charge on any atom is 0.310 e. The average Bonchev–Trinajstić information content (AvgIpc) is 2.47. The topological polar surface area (TPSA) is 59.5 Å². The summed E-state index contributed by atoms with van der Waals surface area (Å²) >= 11 is 0. The van der Waals surface area contributed by atoms with Crippen molar-refractivity contribution >= 4 is 11.9 Å². The minimum Gasteiger partial charge on any atom is -0.466 e. The molecule has 2 heterocycles. The third kappa shape index (κ3) is 3.31. The normalized spacial score (nSPS) is 18.7. The molecule has 0 bridgehead atoms. The Labute approximate surface area is 116 Å². The first kappa shape index (κ1) is 14.4. The van der Waals surface area contributed by atoms with E-state index in [2.05, 4.69) is 4.98 Å². The van der Waals surface area contributed by atoms with Gasteiger partial charge in [-0.15, -0.1) is 0 Å². The van der Waals surface area contributed by atoms with Crippen molar-refractivity contribution in [3.8, 4) is 0 Å². The molecule has 5 nitrogen and oxygen atoms in total. The van der Waals surface area contributed by atoms with Gasteiger partial charge in [-0.2, -0.15) is 0 Å². The predicted molar refractivity (Wildman–Crippen MR) is 69.5 cm³/mol. The summed E-state index contributed by atoms with van der Waals surface area (Å²) in [5.74, 6) is -1.42. The zero-order valence-electron chi connectivity index (χ0n) is 11.3. The molecule has 0 unspecified atom stereocenters. The van der Waals surface area contributed by atoms with E-state index in [0.29, 0.717) is 26.1 Å². The van der Waals surface area contributed by atoms with Gasteiger partial charge in [-0.25, -0.2) is 4.39 Å². The van der Waals surface area contributed by atoms with Crippen molar-refractivity contribution in [2.75, 3.05) is 19.7 Å². The molecule has 1 aliphatic heterocycles. The second kappa shape index (κ2) is 6.45. The van der Waals surface area contributed by atoms with Gasteiger partial charge in [0.1, 0.15) is 5.82 Å². The Bertz CT molecular complexity index is 507. The second-order valence-corrected chi connectivity index (χ2v) is 4.73. The highest BCUT2D eigenvalue weighted by atomic mass is 19.1. The first-order valence-electron chi connectivity index (χ1n) is 6.68. The number of halogens is 1. The lowest BCUT2D eigenvalue weighted by molar-refractivity contribution is -0.149. The highest BCUT2D eigenvalue weighted by Crippen LogP contribution is 2.20. The molecular formula is C14H17FN2O3. The number of amides is 1. The molecule has 0 N–H and O–H groups in total. The van der Waals surface area contributed by atoms with Crippen molar-refractivity contribution in [2.45, 2.75) is 19.8 Å². The predicted octanol–water partition coefficient (Wildman–Crippen LogP) is 1.64. The lowest BCUT2D eigenvalue weighted by Crippen LogP contribution is -2.42. The molecule has 20 heavy (non-hydrogen) atoms. The number of hydrogen-bond acceptors (Lipinski definition) is 4. The van der Waals surface area contributed by atoms with Gasteiger partial charge in [-0.3, -0.25) is 14.6 Å². The van der Waals surface area contributed by atoms with E-state index in [4.69, 9.17) is 4.74 Å². The van der Waals surface area contributed by atoms with Gasteiger partial charge in [-0.05, 0) is 25.8 Å². The minimum atomic E-state index is -0.546. The molecule has 0 radical (unpaired) electrons. The summed E-state index contributed by atoms with van der Waals surface area (Å²) in [5.41, 5.74) is 0.203. The number of piperidine rings is 1. The lowest BCUT2D eigenvalue weighted by Gasteiger charge is -2.31. The summed E-state index contributed by atoms with van der Waals surface area (Å²) in [6.45, 7) is 2.96. The van der Waals surface area contributed by atoms with Crippen LogP contribution in [0.15, 0.2) is 18.5 Å². The zero-order valence-corrected chi connectivity index (χ0v) is 11.3. The number of pyridine rings is 1. The van der Waals surface area contributed by atoms with E-state index in [1.54, 1.807) is 11.8 Å². The minimum absolute atomic E-state index is 0.203. The molecule has 2 rings (SSSR count). The molecule has 108 valence electrons. The van der Waals surface area contributed by atoms with Gasteiger partial charge in [0, 0.05) is 19.3 Å². The molecule has 1 aliphatic rings. The first-order valence-corrected chi connectivity index (χ1v) is 6.68.